The van der Waals surface area contributed by atoms with Crippen molar-refractivity contribution >= 4 is 12.0 Å². The Morgan fingerprint density at radius 3 is 0.794 bits per heavy atom. The van der Waals surface area contributed by atoms with Crippen molar-refractivity contribution in [3.05, 3.63) is 10.8 Å². The molecule has 0 bridgehead atoms. The van der Waals surface area contributed by atoms with Crippen molar-refractivity contribution in [2.45, 2.75) is 142 Å². The van der Waals surface area contributed by atoms with Crippen molar-refractivity contribution < 1.29 is 10.6 Å². The lowest BCUT2D eigenvalue weighted by Crippen LogP contribution is -2.79. The average Bonchev–Trinajstić information content (AvgIpc) is 2.83. The molecule has 6 N–H and O–H groups in total. The maximum Gasteiger partial charge on any atom is 0.0753 e. The quantitative estimate of drug-likeness (QED) is 0.0954. The van der Waals surface area contributed by atoms with E-state index in [1.165, 1.54) is 142 Å². The Bertz CT molecular complexity index is 315. The van der Waals surface area contributed by atoms with Crippen LogP contribution in [0.2, 0.25) is 0 Å². The van der Waals surface area contributed by atoms with Gasteiger partial charge >= 0.3 is 0 Å². The summed E-state index contributed by atoms with van der Waals surface area (Å²) in [5, 5.41) is 29.6. The third kappa shape index (κ3) is 63.2. The van der Waals surface area contributed by atoms with Crippen LogP contribution in [0.5, 0.6) is 0 Å². The van der Waals surface area contributed by atoms with Gasteiger partial charge in [-0.25, -0.2) is 0 Å². The minimum absolute atomic E-state index is 1.00. The van der Waals surface area contributed by atoms with Gasteiger partial charge in [0.15, 0.2) is 0 Å². The Kier molecular flexibility index (Phi) is 57.4. The van der Waals surface area contributed by atoms with Crippen LogP contribution in [-0.2, 0) is 0 Å². The van der Waals surface area contributed by atoms with E-state index in [9.17, 15) is 0 Å². The van der Waals surface area contributed by atoms with Crippen LogP contribution in [-0.4, -0.2) is 39.2 Å². The molecule has 6 nitrogen and oxygen atoms in total. The van der Waals surface area contributed by atoms with Gasteiger partial charge in [0.05, 0.1) is 27.2 Å². The van der Waals surface area contributed by atoms with Gasteiger partial charge in [-0.05, 0) is 25.7 Å². The Morgan fingerprint density at radius 1 is 0.441 bits per heavy atom. The molecule has 0 aromatic carbocycles. The highest BCUT2D eigenvalue weighted by molar-refractivity contribution is 5.39. The van der Waals surface area contributed by atoms with Crippen molar-refractivity contribution in [2.75, 3.05) is 27.2 Å². The molecule has 6 heteroatoms. The second kappa shape index (κ2) is 49.0. The van der Waals surface area contributed by atoms with E-state index >= 15 is 0 Å². The fourth-order valence-corrected chi connectivity index (χ4v) is 3.67. The van der Waals surface area contributed by atoms with E-state index in [0.29, 0.717) is 0 Å². The SMILES string of the molecule is CCCCCCCCCCCC[NH2+]C.CCCCCCCCCCCC[NH2+]C.[N-]=C=N.[N-]=C=N. The minimum Gasteiger partial charge on any atom is -0.447 e. The van der Waals surface area contributed by atoms with Crippen molar-refractivity contribution in [3.8, 4) is 0 Å². The molecule has 0 aliphatic heterocycles. The summed E-state index contributed by atoms with van der Waals surface area (Å²) in [6, 6.07) is 2.00. The van der Waals surface area contributed by atoms with Crippen molar-refractivity contribution in [3.63, 3.8) is 0 Å². The summed E-state index contributed by atoms with van der Waals surface area (Å²) in [5.41, 5.74) is 0. The van der Waals surface area contributed by atoms with Gasteiger partial charge in [0, 0.05) is 0 Å². The highest BCUT2D eigenvalue weighted by atomic mass is 14.8. The van der Waals surface area contributed by atoms with Crippen LogP contribution >= 0.6 is 0 Å². The molecular formula is C28H62N6. The van der Waals surface area contributed by atoms with Crippen LogP contribution in [0.4, 0.5) is 0 Å². The summed E-state index contributed by atoms with van der Waals surface area (Å²) < 4.78 is 0. The first kappa shape index (κ1) is 39.9. The Labute approximate surface area is 213 Å². The zero-order chi connectivity index (χ0) is 26.4. The molecule has 204 valence electrons. The first-order valence-electron chi connectivity index (χ1n) is 14.3. The van der Waals surface area contributed by atoms with E-state index in [-0.39, 0.29) is 0 Å². The molecule has 0 aromatic heterocycles. The normalized spacial score (nSPS) is 9.29. The molecule has 0 saturated heterocycles. The first-order valence-corrected chi connectivity index (χ1v) is 14.3. The van der Waals surface area contributed by atoms with Gasteiger partial charge in [0.1, 0.15) is 0 Å². The Hall–Kier alpha value is -1.32. The molecule has 0 aliphatic rings. The van der Waals surface area contributed by atoms with E-state index in [4.69, 9.17) is 21.6 Å². The van der Waals surface area contributed by atoms with Crippen LogP contribution in [0.3, 0.4) is 0 Å². The van der Waals surface area contributed by atoms with Crippen LogP contribution in [0.1, 0.15) is 142 Å². The van der Waals surface area contributed by atoms with Crippen molar-refractivity contribution in [2.24, 2.45) is 0 Å². The summed E-state index contributed by atoms with van der Waals surface area (Å²) in [4.78, 5) is 0. The number of nitrogens with two attached hydrogens (primary N) is 2. The minimum atomic E-state index is 1.00. The lowest BCUT2D eigenvalue weighted by molar-refractivity contribution is -0.627. The maximum absolute atomic E-state index is 6.99. The second-order valence-corrected chi connectivity index (χ2v) is 8.98. The number of hydrogen-bond acceptors (Lipinski definition) is 2. The number of quaternary nitrogens is 2. The summed E-state index contributed by atoms with van der Waals surface area (Å²) in [7, 11) is 4.32. The molecule has 0 saturated carbocycles. The highest BCUT2D eigenvalue weighted by Gasteiger charge is 1.93. The predicted molar refractivity (Wildman–Crippen MR) is 151 cm³/mol. The van der Waals surface area contributed by atoms with Crippen LogP contribution in [0.15, 0.2) is 0 Å². The molecule has 0 atom stereocenters. The Balaban J connectivity index is -0.000000214. The Morgan fingerprint density at radius 2 is 0.618 bits per heavy atom. The summed E-state index contributed by atoms with van der Waals surface area (Å²) in [5.74, 6) is 0. The molecule has 0 aromatic rings. The van der Waals surface area contributed by atoms with Gasteiger partial charge in [-0.3, -0.25) is 0 Å². The summed E-state index contributed by atoms with van der Waals surface area (Å²) in [6.45, 7) is 7.20. The number of nitrogens with zero attached hydrogens (tertiary/aromatic N) is 2. The lowest BCUT2D eigenvalue weighted by Gasteiger charge is -2.01. The molecule has 0 radical (unpaired) electrons. The zero-order valence-corrected chi connectivity index (χ0v) is 23.6. The molecule has 34 heavy (non-hydrogen) atoms. The van der Waals surface area contributed by atoms with Crippen LogP contribution in [0.25, 0.3) is 10.8 Å². The molecule has 0 amide bonds. The van der Waals surface area contributed by atoms with Crippen LogP contribution in [0, 0.1) is 10.8 Å². The van der Waals surface area contributed by atoms with Gasteiger partial charge in [-0.1, -0.05) is 117 Å². The summed E-state index contributed by atoms with van der Waals surface area (Å²) >= 11 is 0. The summed E-state index contributed by atoms with van der Waals surface area (Å²) in [6.07, 6.45) is 28.9. The highest BCUT2D eigenvalue weighted by Crippen LogP contribution is 2.10. The molecule has 0 spiro atoms. The topological polar surface area (TPSA) is 126 Å². The van der Waals surface area contributed by atoms with E-state index in [1.807, 2.05) is 0 Å². The number of hydrogen-bond donors (Lipinski definition) is 4. The monoisotopic (exact) mass is 483 g/mol. The molecular weight excluding hydrogens is 420 g/mol. The van der Waals surface area contributed by atoms with E-state index in [2.05, 4.69) is 38.6 Å². The van der Waals surface area contributed by atoms with Gasteiger partial charge < -0.3 is 32.3 Å². The van der Waals surface area contributed by atoms with Gasteiger partial charge in [0.2, 0.25) is 0 Å². The van der Waals surface area contributed by atoms with E-state index < -0.39 is 0 Å². The maximum atomic E-state index is 6.99. The van der Waals surface area contributed by atoms with Crippen molar-refractivity contribution in [1.29, 1.82) is 10.8 Å². The van der Waals surface area contributed by atoms with Crippen molar-refractivity contribution in [1.82, 2.24) is 0 Å². The number of rotatable bonds is 22. The second-order valence-electron chi connectivity index (χ2n) is 8.98. The fraction of sp³-hybridized carbons (Fsp3) is 0.929. The van der Waals surface area contributed by atoms with Gasteiger partial charge in [0.25, 0.3) is 0 Å². The third-order valence-electron chi connectivity index (χ3n) is 5.69. The standard InChI is InChI=1S/2C13H29N.2CHN2/c2*1-3-4-5-6-7-8-9-10-11-12-13-14-2;2*2-1-3/h2*14H,3-13H2,1-2H3;2*2H/q;;2*-1/p+2. The smallest absolute Gasteiger partial charge is 0.0753 e. The lowest BCUT2D eigenvalue weighted by atomic mass is 10.1. The van der Waals surface area contributed by atoms with Gasteiger partial charge in [-0.2, -0.15) is 12.0 Å². The molecule has 0 aliphatic carbocycles. The third-order valence-corrected chi connectivity index (χ3v) is 5.69. The molecule has 0 fully saturated rings. The van der Waals surface area contributed by atoms with E-state index in [0.717, 1.165) is 12.0 Å². The van der Waals surface area contributed by atoms with E-state index in [1.54, 1.807) is 0 Å². The molecule has 0 rings (SSSR count). The number of unbranched alkanes of at least 4 members (excludes halogenated alkanes) is 18. The number of nitrogens with one attached hydrogen (secondary N) is 2. The largest absolute Gasteiger partial charge is 0.447 e. The fourth-order valence-electron chi connectivity index (χ4n) is 3.67. The van der Waals surface area contributed by atoms with Crippen LogP contribution < -0.4 is 10.6 Å². The predicted octanol–water partition coefficient (Wildman–Crippen LogP) is 6.82. The zero-order valence-electron chi connectivity index (χ0n) is 23.6. The first-order chi connectivity index (χ1) is 16.7. The molecule has 0 heterocycles. The van der Waals surface area contributed by atoms with Gasteiger partial charge in [-0.15, -0.1) is 0 Å². The average molecular weight is 483 g/mol. The molecule has 0 unspecified atom stereocenters.